The summed E-state index contributed by atoms with van der Waals surface area (Å²) in [7, 11) is 0. The maximum atomic E-state index is 13.7. The average Bonchev–Trinajstić information content (AvgIpc) is 2.80. The number of fused-ring (bicyclic) bond motifs is 1. The molecule has 1 N–H and O–H groups in total. The molecule has 0 fully saturated rings. The number of hydrogen-bond donors (Lipinski definition) is 1. The quantitative estimate of drug-likeness (QED) is 0.321. The van der Waals surface area contributed by atoms with E-state index < -0.39 is 35.6 Å². The minimum absolute atomic E-state index is 0.0298. The number of halogens is 4. The standard InChI is InChI=1S/C25H17ClF3NO5/c1-14-5-7-17(8-6-14)34-23-22(32)19-10-9-18(12-20(19)35-24(23)25(27,28)29)33-13-21(31)30-16-4-2-3-15(26)11-16/h2-12H,13H2,1H3,(H,30,31). The van der Waals surface area contributed by atoms with Crippen molar-refractivity contribution in [2.24, 2.45) is 0 Å². The first-order valence-corrected chi connectivity index (χ1v) is 10.6. The highest BCUT2D eigenvalue weighted by molar-refractivity contribution is 6.30. The minimum atomic E-state index is -5.00. The van der Waals surface area contributed by atoms with Gasteiger partial charge in [-0.05, 0) is 49.4 Å². The first-order valence-electron chi connectivity index (χ1n) is 10.2. The Morgan fingerprint density at radius 1 is 1.03 bits per heavy atom. The Morgan fingerprint density at radius 3 is 2.43 bits per heavy atom. The largest absolute Gasteiger partial charge is 0.484 e. The number of aryl methyl sites for hydroxylation is 1. The molecule has 0 radical (unpaired) electrons. The van der Waals surface area contributed by atoms with Gasteiger partial charge in [0.25, 0.3) is 11.7 Å². The van der Waals surface area contributed by atoms with E-state index in [2.05, 4.69) is 5.32 Å². The van der Waals surface area contributed by atoms with Crippen LogP contribution in [0.1, 0.15) is 11.3 Å². The number of carbonyl (C=O) groups excluding carboxylic acids is 1. The third-order valence-corrected chi connectivity index (χ3v) is 5.03. The highest BCUT2D eigenvalue weighted by Gasteiger charge is 2.40. The van der Waals surface area contributed by atoms with Gasteiger partial charge in [-0.25, -0.2) is 0 Å². The lowest BCUT2D eigenvalue weighted by molar-refractivity contribution is -0.154. The molecule has 0 bridgehead atoms. The fourth-order valence-electron chi connectivity index (χ4n) is 3.16. The molecule has 0 atom stereocenters. The normalized spacial score (nSPS) is 11.3. The van der Waals surface area contributed by atoms with Crippen molar-refractivity contribution in [3.63, 3.8) is 0 Å². The monoisotopic (exact) mass is 503 g/mol. The first kappa shape index (κ1) is 24.2. The average molecular weight is 504 g/mol. The molecule has 1 heterocycles. The molecular weight excluding hydrogens is 487 g/mol. The highest BCUT2D eigenvalue weighted by atomic mass is 35.5. The van der Waals surface area contributed by atoms with E-state index in [0.717, 1.165) is 11.6 Å². The molecule has 0 saturated heterocycles. The Balaban J connectivity index is 1.60. The lowest BCUT2D eigenvalue weighted by Gasteiger charge is -2.14. The molecule has 4 rings (SSSR count). The van der Waals surface area contributed by atoms with E-state index in [1.807, 2.05) is 0 Å². The summed E-state index contributed by atoms with van der Waals surface area (Å²) in [6.45, 7) is 1.36. The molecule has 35 heavy (non-hydrogen) atoms. The number of alkyl halides is 3. The van der Waals surface area contributed by atoms with Gasteiger partial charge in [-0.1, -0.05) is 35.4 Å². The highest BCUT2D eigenvalue weighted by Crippen LogP contribution is 2.38. The van der Waals surface area contributed by atoms with Crippen LogP contribution in [-0.4, -0.2) is 12.5 Å². The van der Waals surface area contributed by atoms with Crippen LogP contribution >= 0.6 is 11.6 Å². The van der Waals surface area contributed by atoms with Crippen LogP contribution in [0.5, 0.6) is 17.2 Å². The summed E-state index contributed by atoms with van der Waals surface area (Å²) in [5, 5.41) is 2.86. The number of rotatable bonds is 6. The Morgan fingerprint density at radius 2 is 1.74 bits per heavy atom. The Hall–Kier alpha value is -3.98. The molecule has 0 aliphatic carbocycles. The van der Waals surface area contributed by atoms with Crippen molar-refractivity contribution in [2.45, 2.75) is 13.1 Å². The van der Waals surface area contributed by atoms with Crippen molar-refractivity contribution in [2.75, 3.05) is 11.9 Å². The second-order valence-electron chi connectivity index (χ2n) is 7.51. The van der Waals surface area contributed by atoms with Crippen LogP contribution in [0.3, 0.4) is 0 Å². The zero-order chi connectivity index (χ0) is 25.2. The number of amides is 1. The third kappa shape index (κ3) is 5.75. The van der Waals surface area contributed by atoms with Crippen LogP contribution in [-0.2, 0) is 11.0 Å². The minimum Gasteiger partial charge on any atom is -0.484 e. The smallest absolute Gasteiger partial charge is 0.453 e. The molecule has 1 amide bonds. The van der Waals surface area contributed by atoms with Crippen LogP contribution in [0, 0.1) is 6.92 Å². The van der Waals surface area contributed by atoms with Crippen molar-refractivity contribution in [3.8, 4) is 17.2 Å². The Bertz CT molecular complexity index is 1450. The first-order chi connectivity index (χ1) is 16.6. The van der Waals surface area contributed by atoms with Crippen LogP contribution in [0.15, 0.2) is 75.9 Å². The fourth-order valence-corrected chi connectivity index (χ4v) is 3.35. The van der Waals surface area contributed by atoms with E-state index in [0.29, 0.717) is 10.7 Å². The maximum Gasteiger partial charge on any atom is 0.453 e. The van der Waals surface area contributed by atoms with E-state index in [9.17, 15) is 22.8 Å². The van der Waals surface area contributed by atoms with E-state index >= 15 is 0 Å². The second-order valence-corrected chi connectivity index (χ2v) is 7.94. The predicted molar refractivity (Wildman–Crippen MR) is 124 cm³/mol. The summed E-state index contributed by atoms with van der Waals surface area (Å²) in [5.41, 5.74) is -0.0463. The van der Waals surface area contributed by atoms with Crippen LogP contribution in [0.2, 0.25) is 5.02 Å². The summed E-state index contributed by atoms with van der Waals surface area (Å²) < 4.78 is 56.8. The Labute approximate surface area is 201 Å². The molecule has 1 aromatic heterocycles. The number of anilines is 1. The molecular formula is C25H17ClF3NO5. The molecule has 0 spiro atoms. The van der Waals surface area contributed by atoms with Gasteiger partial charge in [-0.2, -0.15) is 13.2 Å². The van der Waals surface area contributed by atoms with Crippen molar-refractivity contribution in [1.29, 1.82) is 0 Å². The molecule has 6 nitrogen and oxygen atoms in total. The topological polar surface area (TPSA) is 77.8 Å². The Kier molecular flexibility index (Phi) is 6.70. The van der Waals surface area contributed by atoms with Crippen molar-refractivity contribution in [1.82, 2.24) is 0 Å². The zero-order valence-electron chi connectivity index (χ0n) is 18.1. The van der Waals surface area contributed by atoms with Gasteiger partial charge < -0.3 is 19.2 Å². The number of ether oxygens (including phenoxy) is 2. The molecule has 180 valence electrons. The van der Waals surface area contributed by atoms with E-state index in [1.54, 1.807) is 43.3 Å². The van der Waals surface area contributed by atoms with E-state index in [4.69, 9.17) is 25.5 Å². The zero-order valence-corrected chi connectivity index (χ0v) is 18.9. The summed E-state index contributed by atoms with van der Waals surface area (Å²) in [6, 6.07) is 16.3. The summed E-state index contributed by atoms with van der Waals surface area (Å²) >= 11 is 5.87. The van der Waals surface area contributed by atoms with Crippen molar-refractivity contribution < 1.29 is 31.9 Å². The van der Waals surface area contributed by atoms with Crippen LogP contribution in [0.4, 0.5) is 18.9 Å². The van der Waals surface area contributed by atoms with Crippen LogP contribution in [0.25, 0.3) is 11.0 Å². The van der Waals surface area contributed by atoms with Gasteiger partial charge >= 0.3 is 6.18 Å². The summed E-state index contributed by atoms with van der Waals surface area (Å²) in [6.07, 6.45) is -5.00. The van der Waals surface area contributed by atoms with Gasteiger partial charge in [0.15, 0.2) is 6.61 Å². The number of hydrogen-bond acceptors (Lipinski definition) is 5. The van der Waals surface area contributed by atoms with Crippen molar-refractivity contribution in [3.05, 3.63) is 93.3 Å². The lowest BCUT2D eigenvalue weighted by atomic mass is 10.2. The lowest BCUT2D eigenvalue weighted by Crippen LogP contribution is -2.20. The molecule has 10 heteroatoms. The van der Waals surface area contributed by atoms with E-state index in [1.165, 1.54) is 24.3 Å². The molecule has 0 aliphatic rings. The molecule has 3 aromatic carbocycles. The van der Waals surface area contributed by atoms with Gasteiger partial charge in [-0.15, -0.1) is 0 Å². The van der Waals surface area contributed by atoms with Crippen molar-refractivity contribution >= 4 is 34.2 Å². The van der Waals surface area contributed by atoms with Crippen LogP contribution < -0.4 is 20.2 Å². The second kappa shape index (κ2) is 9.71. The third-order valence-electron chi connectivity index (χ3n) is 4.80. The summed E-state index contributed by atoms with van der Waals surface area (Å²) in [5.74, 6) is -2.98. The SMILES string of the molecule is Cc1ccc(Oc2c(C(F)(F)F)oc3cc(OCC(=O)Nc4cccc(Cl)c4)ccc3c2=O)cc1. The van der Waals surface area contributed by atoms with Gasteiger partial charge in [0, 0.05) is 16.8 Å². The van der Waals surface area contributed by atoms with Gasteiger partial charge in [0.2, 0.25) is 11.2 Å². The van der Waals surface area contributed by atoms with Gasteiger partial charge in [0.05, 0.1) is 5.39 Å². The fraction of sp³-hybridized carbons (Fsp3) is 0.120. The van der Waals surface area contributed by atoms with Gasteiger partial charge in [-0.3, -0.25) is 9.59 Å². The molecule has 0 unspecified atom stereocenters. The molecule has 0 aliphatic heterocycles. The number of carbonyl (C=O) groups is 1. The maximum absolute atomic E-state index is 13.7. The predicted octanol–water partition coefficient (Wildman–Crippen LogP) is 6.58. The number of benzene rings is 3. The summed E-state index contributed by atoms with van der Waals surface area (Å²) in [4.78, 5) is 25.0. The molecule has 0 saturated carbocycles. The van der Waals surface area contributed by atoms with Gasteiger partial charge in [0.1, 0.15) is 17.1 Å². The molecule has 4 aromatic rings. The number of nitrogens with one attached hydrogen (secondary N) is 1. The van der Waals surface area contributed by atoms with E-state index in [-0.39, 0.29) is 22.5 Å².